The summed E-state index contributed by atoms with van der Waals surface area (Å²) in [5.41, 5.74) is 3.66. The Morgan fingerprint density at radius 3 is 2.81 bits per heavy atom. The number of benzene rings is 2. The van der Waals surface area contributed by atoms with Crippen molar-refractivity contribution in [1.29, 1.82) is 0 Å². The zero-order chi connectivity index (χ0) is 24.9. The van der Waals surface area contributed by atoms with E-state index in [0.29, 0.717) is 24.4 Å². The first-order valence-electron chi connectivity index (χ1n) is 12.0. The van der Waals surface area contributed by atoms with Crippen LogP contribution in [0.2, 0.25) is 0 Å². The number of hydrogen-bond donors (Lipinski definition) is 2. The van der Waals surface area contributed by atoms with Gasteiger partial charge in [0.05, 0.1) is 27.6 Å². The summed E-state index contributed by atoms with van der Waals surface area (Å²) in [5, 5.41) is 9.60. The molecule has 2 aliphatic rings. The Morgan fingerprint density at radius 1 is 1.08 bits per heavy atom. The molecule has 6 rings (SSSR count). The van der Waals surface area contributed by atoms with E-state index in [1.54, 1.807) is 24.7 Å². The van der Waals surface area contributed by atoms with Crippen LogP contribution in [0.1, 0.15) is 0 Å². The van der Waals surface area contributed by atoms with Gasteiger partial charge in [0.2, 0.25) is 5.95 Å². The van der Waals surface area contributed by atoms with Crippen LogP contribution in [0.15, 0.2) is 53.9 Å². The second kappa shape index (κ2) is 9.07. The van der Waals surface area contributed by atoms with Gasteiger partial charge in [-0.25, -0.2) is 4.98 Å². The number of para-hydroxylation sites is 1. The lowest BCUT2D eigenvalue weighted by molar-refractivity contribution is 0.188. The zero-order valence-electron chi connectivity index (χ0n) is 20.6. The maximum absolute atomic E-state index is 12.9. The molecule has 0 aliphatic carbocycles. The number of likely N-dealkylation sites (N-methyl/N-ethyl adjacent to an activating group) is 1. The van der Waals surface area contributed by atoms with Crippen molar-refractivity contribution in [3.63, 3.8) is 0 Å². The van der Waals surface area contributed by atoms with Gasteiger partial charge in [-0.05, 0) is 56.1 Å². The van der Waals surface area contributed by atoms with Crippen molar-refractivity contribution < 1.29 is 9.30 Å². The topological polar surface area (TPSA) is 82.6 Å². The first kappa shape index (κ1) is 23.3. The lowest BCUT2D eigenvalue weighted by atomic mass is 10.1. The molecule has 2 aromatic carbocycles. The average molecular weight is 521 g/mol. The lowest BCUT2D eigenvalue weighted by Crippen LogP contribution is -2.56. The molecular weight excluding hydrogens is 491 g/mol. The summed E-state index contributed by atoms with van der Waals surface area (Å²) in [5.74, 6) is 2.06. The molecule has 0 radical (unpaired) electrons. The van der Waals surface area contributed by atoms with Gasteiger partial charge in [0.15, 0.2) is 5.82 Å². The minimum Gasteiger partial charge on any atom is -0.489 e. The first-order chi connectivity index (χ1) is 17.3. The highest BCUT2D eigenvalue weighted by Crippen LogP contribution is 2.40. The maximum atomic E-state index is 12.9. The van der Waals surface area contributed by atoms with Crippen molar-refractivity contribution in [2.75, 3.05) is 62.2 Å². The number of thiophene rings is 1. The SMILES string of the molecule is CN1CCN2c3ccc(Nc4nc(Nc5ccccc5P(C)(C)=O)c5sccc5n4)cc3OC[C@H]2C1. The number of nitrogens with one attached hydrogen (secondary N) is 2. The largest absolute Gasteiger partial charge is 0.489 e. The van der Waals surface area contributed by atoms with E-state index in [-0.39, 0.29) is 0 Å². The third-order valence-electron chi connectivity index (χ3n) is 6.68. The second-order valence-corrected chi connectivity index (χ2v) is 13.9. The van der Waals surface area contributed by atoms with E-state index in [0.717, 1.165) is 58.0 Å². The van der Waals surface area contributed by atoms with Crippen LogP contribution >= 0.6 is 18.5 Å². The van der Waals surface area contributed by atoms with Crippen LogP contribution in [-0.2, 0) is 4.57 Å². The predicted molar refractivity (Wildman–Crippen MR) is 150 cm³/mol. The van der Waals surface area contributed by atoms with Crippen LogP contribution in [0.5, 0.6) is 5.75 Å². The molecule has 2 aromatic heterocycles. The Balaban J connectivity index is 1.30. The Kier molecular flexibility index (Phi) is 5.86. The quantitative estimate of drug-likeness (QED) is 0.358. The third kappa shape index (κ3) is 4.43. The molecule has 2 aliphatic heterocycles. The summed E-state index contributed by atoms with van der Waals surface area (Å²) >= 11 is 1.58. The molecule has 4 aromatic rings. The van der Waals surface area contributed by atoms with Gasteiger partial charge in [0, 0.05) is 36.7 Å². The highest BCUT2D eigenvalue weighted by molar-refractivity contribution is 7.70. The van der Waals surface area contributed by atoms with Gasteiger partial charge >= 0.3 is 0 Å². The van der Waals surface area contributed by atoms with Crippen LogP contribution in [0, 0.1) is 0 Å². The fourth-order valence-electron chi connectivity index (χ4n) is 4.91. The molecule has 0 amide bonds. The van der Waals surface area contributed by atoms with E-state index in [9.17, 15) is 4.57 Å². The van der Waals surface area contributed by atoms with E-state index >= 15 is 0 Å². The molecule has 36 heavy (non-hydrogen) atoms. The molecule has 186 valence electrons. The maximum Gasteiger partial charge on any atom is 0.229 e. The number of nitrogens with zero attached hydrogens (tertiary/aromatic N) is 4. The molecular formula is C26H29N6O2PS. The van der Waals surface area contributed by atoms with Gasteiger partial charge in [-0.1, -0.05) is 12.1 Å². The van der Waals surface area contributed by atoms with E-state index in [4.69, 9.17) is 14.7 Å². The van der Waals surface area contributed by atoms with E-state index in [1.165, 1.54) is 0 Å². The van der Waals surface area contributed by atoms with Gasteiger partial charge in [0.1, 0.15) is 19.5 Å². The number of aromatic nitrogens is 2. The molecule has 8 nitrogen and oxygen atoms in total. The highest BCUT2D eigenvalue weighted by atomic mass is 32.1. The number of anilines is 5. The zero-order valence-corrected chi connectivity index (χ0v) is 22.3. The van der Waals surface area contributed by atoms with Crippen LogP contribution in [0.3, 0.4) is 0 Å². The van der Waals surface area contributed by atoms with Crippen molar-refractivity contribution in [1.82, 2.24) is 14.9 Å². The molecule has 0 bridgehead atoms. The molecule has 1 fully saturated rings. The van der Waals surface area contributed by atoms with Crippen LogP contribution in [-0.4, -0.2) is 67.5 Å². The number of hydrogen-bond acceptors (Lipinski definition) is 9. The van der Waals surface area contributed by atoms with E-state index in [1.807, 2.05) is 41.8 Å². The van der Waals surface area contributed by atoms with Crippen molar-refractivity contribution in [2.24, 2.45) is 0 Å². The average Bonchev–Trinajstić information content (AvgIpc) is 3.32. The summed E-state index contributed by atoms with van der Waals surface area (Å²) in [4.78, 5) is 14.3. The van der Waals surface area contributed by atoms with E-state index < -0.39 is 7.14 Å². The molecule has 1 saturated heterocycles. The minimum atomic E-state index is -2.47. The van der Waals surface area contributed by atoms with Crippen molar-refractivity contribution >= 4 is 62.8 Å². The lowest BCUT2D eigenvalue weighted by Gasteiger charge is -2.44. The molecule has 0 spiro atoms. The van der Waals surface area contributed by atoms with E-state index in [2.05, 4.69) is 39.6 Å². The Morgan fingerprint density at radius 2 is 1.94 bits per heavy atom. The Bertz CT molecular complexity index is 1480. The predicted octanol–water partition coefficient (Wildman–Crippen LogP) is 4.94. The number of fused-ring (bicyclic) bond motifs is 4. The molecule has 0 saturated carbocycles. The van der Waals surface area contributed by atoms with Gasteiger partial charge in [-0.15, -0.1) is 11.3 Å². The standard InChI is InChI=1S/C26H29N6O2PS/c1-31-11-12-32-18(15-31)16-34-22-14-17(8-9-21(22)32)27-26-29-20-10-13-36-24(20)25(30-26)28-19-6-4-5-7-23(19)35(2,3)33/h4-10,13-14,18H,11-12,15-16H2,1-3H3,(H2,27,28,29,30)/t18-/m1/s1. The second-order valence-electron chi connectivity index (χ2n) is 9.75. The van der Waals surface area contributed by atoms with Crippen molar-refractivity contribution in [2.45, 2.75) is 6.04 Å². The number of rotatable bonds is 5. The summed E-state index contributed by atoms with van der Waals surface area (Å²) in [6, 6.07) is 16.3. The smallest absolute Gasteiger partial charge is 0.229 e. The summed E-state index contributed by atoms with van der Waals surface area (Å²) in [7, 11) is -0.307. The van der Waals surface area contributed by atoms with Gasteiger partial charge in [-0.3, -0.25) is 0 Å². The molecule has 0 unspecified atom stereocenters. The summed E-state index contributed by atoms with van der Waals surface area (Å²) in [6.45, 7) is 7.31. The van der Waals surface area contributed by atoms with Gasteiger partial charge in [-0.2, -0.15) is 4.98 Å². The normalized spacial score (nSPS) is 17.9. The monoisotopic (exact) mass is 520 g/mol. The highest BCUT2D eigenvalue weighted by Gasteiger charge is 2.31. The fraction of sp³-hybridized carbons (Fsp3) is 0.308. The molecule has 4 heterocycles. The van der Waals surface area contributed by atoms with Crippen molar-refractivity contribution in [3.05, 3.63) is 53.9 Å². The summed E-state index contributed by atoms with van der Waals surface area (Å²) in [6.07, 6.45) is 0. The van der Waals surface area contributed by atoms with Crippen LogP contribution in [0.25, 0.3) is 10.2 Å². The van der Waals surface area contributed by atoms with Crippen molar-refractivity contribution in [3.8, 4) is 5.75 Å². The minimum absolute atomic E-state index is 0.387. The third-order valence-corrected chi connectivity index (χ3v) is 9.14. The first-order valence-corrected chi connectivity index (χ1v) is 15.5. The summed E-state index contributed by atoms with van der Waals surface area (Å²) < 4.78 is 20.0. The fourth-order valence-corrected chi connectivity index (χ4v) is 6.84. The molecule has 2 N–H and O–H groups in total. The van der Waals surface area contributed by atoms with Crippen LogP contribution in [0.4, 0.5) is 28.8 Å². The molecule has 1 atom stereocenters. The number of piperazine rings is 1. The van der Waals surface area contributed by atoms with Gasteiger partial charge < -0.3 is 29.7 Å². The molecule has 10 heteroatoms. The number of ether oxygens (including phenoxy) is 1. The Hall–Kier alpha value is -3.13. The van der Waals surface area contributed by atoms with Gasteiger partial charge in [0.25, 0.3) is 0 Å². The Labute approximate surface area is 214 Å². The van der Waals surface area contributed by atoms with Crippen LogP contribution < -0.4 is 25.6 Å².